The molecule has 0 spiro atoms. The molecule has 6 heteroatoms. The number of nitrogens with zero attached hydrogens (tertiary/aromatic N) is 1. The number of ether oxygens (including phenoxy) is 1. The molecule has 0 aliphatic carbocycles. The van der Waals surface area contributed by atoms with Crippen LogP contribution in [0.5, 0.6) is 5.75 Å². The van der Waals surface area contributed by atoms with E-state index in [0.717, 1.165) is 11.3 Å². The third-order valence-electron chi connectivity index (χ3n) is 3.33. The highest BCUT2D eigenvalue weighted by atomic mass is 32.2. The highest BCUT2D eigenvalue weighted by Crippen LogP contribution is 2.23. The van der Waals surface area contributed by atoms with Crippen LogP contribution in [0, 0.1) is 0 Å². The second-order valence-electron chi connectivity index (χ2n) is 4.94. The van der Waals surface area contributed by atoms with Gasteiger partial charge in [-0.15, -0.1) is 0 Å². The summed E-state index contributed by atoms with van der Waals surface area (Å²) in [6.45, 7) is 0. The van der Waals surface area contributed by atoms with Crippen molar-refractivity contribution in [3.05, 3.63) is 66.6 Å². The molecule has 1 aromatic heterocycles. The van der Waals surface area contributed by atoms with Crippen LogP contribution < -0.4 is 4.74 Å². The number of sulfone groups is 1. The van der Waals surface area contributed by atoms with Crippen LogP contribution in [-0.2, 0) is 15.6 Å². The van der Waals surface area contributed by atoms with Crippen molar-refractivity contribution < 1.29 is 17.6 Å². The lowest BCUT2D eigenvalue weighted by atomic mass is 10.2. The second kappa shape index (κ2) is 6.26. The van der Waals surface area contributed by atoms with Crippen molar-refractivity contribution in [3.8, 4) is 17.2 Å². The van der Waals surface area contributed by atoms with E-state index < -0.39 is 9.84 Å². The Hall–Kier alpha value is -2.60. The molecule has 0 atom stereocenters. The van der Waals surface area contributed by atoms with Gasteiger partial charge < -0.3 is 9.15 Å². The van der Waals surface area contributed by atoms with Crippen molar-refractivity contribution in [1.82, 2.24) is 4.98 Å². The summed E-state index contributed by atoms with van der Waals surface area (Å²) in [6.07, 6.45) is 1.38. The molecule has 0 aliphatic heterocycles. The molecule has 0 amide bonds. The summed E-state index contributed by atoms with van der Waals surface area (Å²) in [7, 11) is -1.85. The molecule has 0 fully saturated rings. The Morgan fingerprint density at radius 2 is 1.74 bits per heavy atom. The van der Waals surface area contributed by atoms with Gasteiger partial charge in [0.15, 0.2) is 9.84 Å². The van der Waals surface area contributed by atoms with Gasteiger partial charge in [-0.1, -0.05) is 18.2 Å². The van der Waals surface area contributed by atoms with Gasteiger partial charge in [-0.3, -0.25) is 0 Å². The highest BCUT2D eigenvalue weighted by molar-refractivity contribution is 7.90. The fourth-order valence-corrected chi connectivity index (χ4v) is 3.41. The molecule has 2 aromatic carbocycles. The first-order valence-electron chi connectivity index (χ1n) is 6.95. The predicted molar refractivity (Wildman–Crippen MR) is 85.8 cm³/mol. The Kier molecular flexibility index (Phi) is 4.16. The average molecular weight is 329 g/mol. The summed E-state index contributed by atoms with van der Waals surface area (Å²) in [5, 5.41) is 0. The first kappa shape index (κ1) is 15.3. The van der Waals surface area contributed by atoms with Crippen molar-refractivity contribution >= 4 is 9.84 Å². The Labute approximate surface area is 134 Å². The summed E-state index contributed by atoms with van der Waals surface area (Å²) >= 11 is 0. The standard InChI is InChI=1S/C17H15NO4S/c1-21-15-9-7-13(8-10-15)17-18-14(11-22-17)12-23(19,20)16-5-3-2-4-6-16/h2-11H,12H2,1H3. The number of hydrogen-bond donors (Lipinski definition) is 0. The Morgan fingerprint density at radius 3 is 2.39 bits per heavy atom. The lowest BCUT2D eigenvalue weighted by molar-refractivity contribution is 0.415. The molecule has 1 heterocycles. The van der Waals surface area contributed by atoms with E-state index in [9.17, 15) is 8.42 Å². The van der Waals surface area contributed by atoms with Crippen molar-refractivity contribution in [2.45, 2.75) is 10.6 Å². The minimum absolute atomic E-state index is 0.198. The molecule has 23 heavy (non-hydrogen) atoms. The maximum absolute atomic E-state index is 12.3. The van der Waals surface area contributed by atoms with E-state index in [4.69, 9.17) is 9.15 Å². The van der Waals surface area contributed by atoms with Crippen LogP contribution in [0.25, 0.3) is 11.5 Å². The first-order valence-corrected chi connectivity index (χ1v) is 8.60. The fourth-order valence-electron chi connectivity index (χ4n) is 2.15. The van der Waals surface area contributed by atoms with E-state index in [0.29, 0.717) is 11.6 Å². The lowest BCUT2D eigenvalue weighted by Crippen LogP contribution is -2.05. The molecule has 3 rings (SSSR count). The van der Waals surface area contributed by atoms with E-state index in [2.05, 4.69) is 4.98 Å². The van der Waals surface area contributed by atoms with Crippen molar-refractivity contribution in [3.63, 3.8) is 0 Å². The highest BCUT2D eigenvalue weighted by Gasteiger charge is 2.18. The number of methoxy groups -OCH3 is 1. The largest absolute Gasteiger partial charge is 0.497 e. The number of rotatable bonds is 5. The summed E-state index contributed by atoms with van der Waals surface area (Å²) in [5.41, 5.74) is 1.13. The summed E-state index contributed by atoms with van der Waals surface area (Å²) in [4.78, 5) is 4.53. The zero-order chi connectivity index (χ0) is 16.3. The molecule has 0 radical (unpaired) electrons. The summed E-state index contributed by atoms with van der Waals surface area (Å²) in [6, 6.07) is 15.5. The SMILES string of the molecule is COc1ccc(-c2nc(CS(=O)(=O)c3ccccc3)co2)cc1. The van der Waals surface area contributed by atoms with Crippen LogP contribution >= 0.6 is 0 Å². The van der Waals surface area contributed by atoms with Crippen LogP contribution in [0.1, 0.15) is 5.69 Å². The summed E-state index contributed by atoms with van der Waals surface area (Å²) < 4.78 is 35.1. The van der Waals surface area contributed by atoms with Gasteiger partial charge in [0.1, 0.15) is 17.8 Å². The van der Waals surface area contributed by atoms with Crippen molar-refractivity contribution in [2.24, 2.45) is 0 Å². The van der Waals surface area contributed by atoms with E-state index in [1.807, 2.05) is 0 Å². The van der Waals surface area contributed by atoms with Crippen LogP contribution in [0.15, 0.2) is 70.2 Å². The first-order chi connectivity index (χ1) is 11.1. The van der Waals surface area contributed by atoms with Gasteiger partial charge in [0, 0.05) is 5.56 Å². The predicted octanol–water partition coefficient (Wildman–Crippen LogP) is 3.32. The molecule has 5 nitrogen and oxygen atoms in total. The molecule has 118 valence electrons. The van der Waals surface area contributed by atoms with Gasteiger partial charge in [0.05, 0.1) is 17.7 Å². The molecular weight excluding hydrogens is 314 g/mol. The van der Waals surface area contributed by atoms with Gasteiger partial charge in [-0.2, -0.15) is 0 Å². The third-order valence-corrected chi connectivity index (χ3v) is 5.00. The summed E-state index contributed by atoms with van der Waals surface area (Å²) in [5.74, 6) is 0.912. The average Bonchev–Trinajstić information content (AvgIpc) is 3.03. The molecule has 0 saturated carbocycles. The van der Waals surface area contributed by atoms with Crippen LogP contribution in [0.2, 0.25) is 0 Å². The molecule has 0 saturated heterocycles. The fraction of sp³-hybridized carbons (Fsp3) is 0.118. The minimum atomic E-state index is -3.44. The normalized spacial score (nSPS) is 11.3. The Morgan fingerprint density at radius 1 is 1.04 bits per heavy atom. The number of benzene rings is 2. The minimum Gasteiger partial charge on any atom is -0.497 e. The van der Waals surface area contributed by atoms with E-state index >= 15 is 0 Å². The van der Waals surface area contributed by atoms with E-state index in [1.165, 1.54) is 6.26 Å². The monoisotopic (exact) mass is 329 g/mol. The zero-order valence-electron chi connectivity index (χ0n) is 12.5. The smallest absolute Gasteiger partial charge is 0.226 e. The van der Waals surface area contributed by atoms with Crippen molar-refractivity contribution in [2.75, 3.05) is 7.11 Å². The van der Waals surface area contributed by atoms with Crippen LogP contribution in [0.3, 0.4) is 0 Å². The molecule has 0 bridgehead atoms. The molecule has 0 unspecified atom stereocenters. The molecular formula is C17H15NO4S. The number of oxazole rings is 1. The molecule has 3 aromatic rings. The maximum atomic E-state index is 12.3. The second-order valence-corrected chi connectivity index (χ2v) is 6.93. The van der Waals surface area contributed by atoms with Crippen LogP contribution in [-0.4, -0.2) is 20.5 Å². The van der Waals surface area contributed by atoms with Crippen molar-refractivity contribution in [1.29, 1.82) is 0 Å². The number of hydrogen-bond acceptors (Lipinski definition) is 5. The van der Waals surface area contributed by atoms with Crippen LogP contribution in [0.4, 0.5) is 0 Å². The quantitative estimate of drug-likeness (QED) is 0.718. The lowest BCUT2D eigenvalue weighted by Gasteiger charge is -2.01. The molecule has 0 N–H and O–H groups in total. The molecule has 0 aliphatic rings. The van der Waals surface area contributed by atoms with Gasteiger partial charge >= 0.3 is 0 Å². The van der Waals surface area contributed by atoms with Gasteiger partial charge in [0.2, 0.25) is 5.89 Å². The topological polar surface area (TPSA) is 69.4 Å². The Bertz CT molecular complexity index is 884. The van der Waals surface area contributed by atoms with E-state index in [-0.39, 0.29) is 10.6 Å². The zero-order valence-corrected chi connectivity index (χ0v) is 13.3. The van der Waals surface area contributed by atoms with Gasteiger partial charge in [-0.25, -0.2) is 13.4 Å². The van der Waals surface area contributed by atoms with Gasteiger partial charge in [0.25, 0.3) is 0 Å². The maximum Gasteiger partial charge on any atom is 0.226 e. The Balaban J connectivity index is 1.82. The van der Waals surface area contributed by atoms with E-state index in [1.54, 1.807) is 61.7 Å². The van der Waals surface area contributed by atoms with Gasteiger partial charge in [-0.05, 0) is 36.4 Å². The third kappa shape index (κ3) is 3.43. The number of aromatic nitrogens is 1.